The largest absolute Gasteiger partial charge is 0.756 e. The standard InChI is InChI=1S/C69H129N2O7P/c1-7-10-13-16-19-22-25-27-29-31-33-35-37-39-41-43-46-49-52-55-58-61-68(72)70-66(65-77-79(74,75)76-64-63-71(4,5)6)67(60-57-54-51-48-45-24-21-18-15-12-9-3)78-69(73)62-59-56-53-50-47-44-42-40-38-36-34-32-30-28-26-23-20-17-14-11-8-2/h19,22,27,29,33,35,39,41,57,60,66-67H,7-18,20-21,23-26,28,30-32,34,36-38,40,42-56,58-59,61-65H2,1-6H3,(H-,70,72,74,75)/b22-19-,29-27-,35-33-,41-39-,60-57+. The van der Waals surface area contributed by atoms with Gasteiger partial charge in [0, 0.05) is 12.8 Å². The number of allylic oxidation sites excluding steroid dienone is 9. The molecule has 0 rings (SSSR count). The Kier molecular flexibility index (Phi) is 57.2. The topological polar surface area (TPSA) is 114 Å². The van der Waals surface area contributed by atoms with Gasteiger partial charge in [-0.3, -0.25) is 14.2 Å². The van der Waals surface area contributed by atoms with Crippen LogP contribution in [-0.4, -0.2) is 69.4 Å². The summed E-state index contributed by atoms with van der Waals surface area (Å²) in [4.78, 5) is 40.1. The Morgan fingerprint density at radius 2 is 0.772 bits per heavy atom. The lowest BCUT2D eigenvalue weighted by atomic mass is 10.0. The van der Waals surface area contributed by atoms with E-state index >= 15 is 0 Å². The Hall–Kier alpha value is -2.29. The van der Waals surface area contributed by atoms with E-state index in [9.17, 15) is 19.0 Å². The summed E-state index contributed by atoms with van der Waals surface area (Å²) >= 11 is 0. The van der Waals surface area contributed by atoms with Gasteiger partial charge < -0.3 is 28.5 Å². The summed E-state index contributed by atoms with van der Waals surface area (Å²) in [5.74, 6) is -0.551. The number of esters is 1. The van der Waals surface area contributed by atoms with Crippen molar-refractivity contribution < 1.29 is 37.3 Å². The Morgan fingerprint density at radius 3 is 1.18 bits per heavy atom. The second-order valence-electron chi connectivity index (χ2n) is 24.0. The van der Waals surface area contributed by atoms with E-state index in [4.69, 9.17) is 13.8 Å². The van der Waals surface area contributed by atoms with E-state index in [0.29, 0.717) is 17.4 Å². The fourth-order valence-electron chi connectivity index (χ4n) is 9.74. The molecule has 0 aliphatic rings. The van der Waals surface area contributed by atoms with Crippen LogP contribution in [0.2, 0.25) is 0 Å². The van der Waals surface area contributed by atoms with Gasteiger partial charge in [0.25, 0.3) is 7.82 Å². The molecule has 1 N–H and O–H groups in total. The van der Waals surface area contributed by atoms with E-state index in [1.807, 2.05) is 33.3 Å². The van der Waals surface area contributed by atoms with Crippen LogP contribution in [0.3, 0.4) is 0 Å². The van der Waals surface area contributed by atoms with Gasteiger partial charge in [0.05, 0.1) is 33.8 Å². The van der Waals surface area contributed by atoms with Gasteiger partial charge in [0.15, 0.2) is 0 Å². The molecule has 3 atom stereocenters. The lowest BCUT2D eigenvalue weighted by molar-refractivity contribution is -0.870. The first kappa shape index (κ1) is 76.7. The van der Waals surface area contributed by atoms with Crippen molar-refractivity contribution in [3.05, 3.63) is 60.8 Å². The van der Waals surface area contributed by atoms with Crippen molar-refractivity contribution in [3.63, 3.8) is 0 Å². The summed E-state index contributed by atoms with van der Waals surface area (Å²) in [6, 6.07) is -0.898. The smallest absolute Gasteiger partial charge is 0.306 e. The molecule has 3 unspecified atom stereocenters. The van der Waals surface area contributed by atoms with Gasteiger partial charge in [-0.2, -0.15) is 0 Å². The molecular weight excluding hydrogens is 1000 g/mol. The number of carbonyl (C=O) groups is 2. The van der Waals surface area contributed by atoms with E-state index in [2.05, 4.69) is 74.7 Å². The first-order valence-corrected chi connectivity index (χ1v) is 35.1. The maximum atomic E-state index is 13.6. The molecule has 0 aromatic rings. The van der Waals surface area contributed by atoms with E-state index in [-0.39, 0.29) is 24.9 Å². The molecule has 0 heterocycles. The van der Waals surface area contributed by atoms with Gasteiger partial charge in [-0.1, -0.05) is 287 Å². The van der Waals surface area contributed by atoms with Gasteiger partial charge >= 0.3 is 5.97 Å². The molecule has 0 aliphatic carbocycles. The highest BCUT2D eigenvalue weighted by molar-refractivity contribution is 7.45. The van der Waals surface area contributed by atoms with Crippen molar-refractivity contribution in [1.29, 1.82) is 0 Å². The van der Waals surface area contributed by atoms with E-state index in [0.717, 1.165) is 96.3 Å². The number of quaternary nitrogens is 1. The van der Waals surface area contributed by atoms with Crippen molar-refractivity contribution >= 4 is 19.7 Å². The molecule has 0 spiro atoms. The first-order chi connectivity index (χ1) is 38.4. The van der Waals surface area contributed by atoms with Crippen LogP contribution in [0.25, 0.3) is 0 Å². The number of likely N-dealkylation sites (N-methyl/N-ethyl adjacent to an activating group) is 1. The number of unbranched alkanes of at least 4 members (excludes halogenated alkanes) is 37. The number of amides is 1. The van der Waals surface area contributed by atoms with Gasteiger partial charge in [0.1, 0.15) is 19.3 Å². The monoisotopic (exact) mass is 1130 g/mol. The highest BCUT2D eigenvalue weighted by Crippen LogP contribution is 2.38. The van der Waals surface area contributed by atoms with Crippen LogP contribution in [0.15, 0.2) is 60.8 Å². The number of ether oxygens (including phenoxy) is 1. The number of phosphoric ester groups is 1. The minimum absolute atomic E-state index is 0.0264. The fourth-order valence-corrected chi connectivity index (χ4v) is 10.5. The predicted octanol–water partition coefficient (Wildman–Crippen LogP) is 20.4. The summed E-state index contributed by atoms with van der Waals surface area (Å²) in [5.41, 5.74) is 0. The third-order valence-corrected chi connectivity index (χ3v) is 15.9. The number of nitrogens with one attached hydrogen (secondary N) is 1. The number of hydrogen-bond acceptors (Lipinski definition) is 7. The lowest BCUT2D eigenvalue weighted by Gasteiger charge is -2.30. The molecule has 0 aromatic carbocycles. The summed E-state index contributed by atoms with van der Waals surface area (Å²) in [6.07, 6.45) is 74.8. The maximum Gasteiger partial charge on any atom is 0.306 e. The number of carbonyl (C=O) groups excluding carboxylic acids is 2. The second kappa shape index (κ2) is 58.9. The molecule has 1 amide bonds. The van der Waals surface area contributed by atoms with Crippen LogP contribution in [0, 0.1) is 0 Å². The zero-order valence-electron chi connectivity index (χ0n) is 52.8. The van der Waals surface area contributed by atoms with Crippen molar-refractivity contribution in [2.24, 2.45) is 0 Å². The molecule has 9 nitrogen and oxygen atoms in total. The quantitative estimate of drug-likeness (QED) is 0.0212. The molecule has 10 heteroatoms. The number of phosphoric acid groups is 1. The highest BCUT2D eigenvalue weighted by atomic mass is 31.2. The minimum Gasteiger partial charge on any atom is -0.756 e. The van der Waals surface area contributed by atoms with Crippen molar-refractivity contribution in [2.45, 2.75) is 328 Å². The Balaban J connectivity index is 5.14. The van der Waals surface area contributed by atoms with Crippen LogP contribution < -0.4 is 10.2 Å². The van der Waals surface area contributed by atoms with Crippen molar-refractivity contribution in [1.82, 2.24) is 5.32 Å². The van der Waals surface area contributed by atoms with Crippen LogP contribution in [-0.2, 0) is 27.9 Å². The SMILES string of the molecule is CCCCC/C=C\C/C=C\C/C=C\C/C=C\CCCCCCCC(=O)NC(COP(=O)([O-])OCC[N+](C)(C)C)C(/C=C/CCCCCCCCCCC)OC(=O)CCCCCCCCCCCCCCCCCCCCCCC. The van der Waals surface area contributed by atoms with Crippen LogP contribution in [0.1, 0.15) is 316 Å². The molecule has 0 aromatic heterocycles. The fraction of sp³-hybridized carbons (Fsp3) is 0.826. The Morgan fingerprint density at radius 1 is 0.443 bits per heavy atom. The third kappa shape index (κ3) is 60.1. The van der Waals surface area contributed by atoms with E-state index in [1.165, 1.54) is 186 Å². The first-order valence-electron chi connectivity index (χ1n) is 33.6. The highest BCUT2D eigenvalue weighted by Gasteiger charge is 2.27. The van der Waals surface area contributed by atoms with Crippen molar-refractivity contribution in [2.75, 3.05) is 40.9 Å². The zero-order valence-corrected chi connectivity index (χ0v) is 53.7. The van der Waals surface area contributed by atoms with Crippen LogP contribution >= 0.6 is 7.82 Å². The maximum absolute atomic E-state index is 13.6. The molecular formula is C69H129N2O7P. The number of nitrogens with zero attached hydrogens (tertiary/aromatic N) is 1. The van der Waals surface area contributed by atoms with E-state index < -0.39 is 26.6 Å². The molecule has 0 aliphatic heterocycles. The summed E-state index contributed by atoms with van der Waals surface area (Å²) < 4.78 is 30.4. The molecule has 0 bridgehead atoms. The normalized spacial score (nSPS) is 14.0. The zero-order chi connectivity index (χ0) is 57.9. The van der Waals surface area contributed by atoms with Crippen LogP contribution in [0.5, 0.6) is 0 Å². The molecule has 462 valence electrons. The van der Waals surface area contributed by atoms with Crippen LogP contribution in [0.4, 0.5) is 0 Å². The molecule has 0 fully saturated rings. The third-order valence-electron chi connectivity index (χ3n) is 15.0. The predicted molar refractivity (Wildman–Crippen MR) is 339 cm³/mol. The average molecular weight is 1130 g/mol. The summed E-state index contributed by atoms with van der Waals surface area (Å²) in [6.45, 7) is 6.83. The molecule has 0 saturated carbocycles. The molecule has 0 saturated heterocycles. The van der Waals surface area contributed by atoms with Gasteiger partial charge in [-0.15, -0.1) is 0 Å². The number of hydrogen-bond donors (Lipinski definition) is 1. The summed E-state index contributed by atoms with van der Waals surface area (Å²) in [7, 11) is 1.18. The Bertz CT molecular complexity index is 1540. The molecule has 79 heavy (non-hydrogen) atoms. The number of rotatable bonds is 61. The average Bonchev–Trinajstić information content (AvgIpc) is 3.41. The van der Waals surface area contributed by atoms with Crippen molar-refractivity contribution in [3.8, 4) is 0 Å². The molecule has 0 radical (unpaired) electrons. The lowest BCUT2D eigenvalue weighted by Crippen LogP contribution is -2.47. The van der Waals surface area contributed by atoms with Gasteiger partial charge in [0.2, 0.25) is 5.91 Å². The second-order valence-corrected chi connectivity index (χ2v) is 25.4. The minimum atomic E-state index is -4.71. The van der Waals surface area contributed by atoms with Gasteiger partial charge in [-0.05, 0) is 76.7 Å². The summed E-state index contributed by atoms with van der Waals surface area (Å²) in [5, 5.41) is 3.03. The van der Waals surface area contributed by atoms with E-state index in [1.54, 1.807) is 0 Å². The van der Waals surface area contributed by atoms with Gasteiger partial charge in [-0.25, -0.2) is 0 Å². The Labute approximate surface area is 490 Å².